The van der Waals surface area contributed by atoms with E-state index in [4.69, 9.17) is 0 Å². The van der Waals surface area contributed by atoms with Crippen molar-refractivity contribution in [3.63, 3.8) is 0 Å². The number of nitriles is 1. The van der Waals surface area contributed by atoms with Crippen molar-refractivity contribution < 1.29 is 18.0 Å². The number of likely N-dealkylation sites (tertiary alicyclic amines) is 1. The Bertz CT molecular complexity index is 663. The van der Waals surface area contributed by atoms with E-state index in [0.29, 0.717) is 32.1 Å². The predicted octanol–water partition coefficient (Wildman–Crippen LogP) is 3.44. The number of piperidine rings is 1. The van der Waals surface area contributed by atoms with Crippen molar-refractivity contribution in [1.29, 1.82) is 5.26 Å². The van der Waals surface area contributed by atoms with Crippen molar-refractivity contribution in [2.24, 2.45) is 5.41 Å². The molecule has 0 bridgehead atoms. The SMILES string of the molecule is CC(C)(C)N1CCC(C#N)(C(=O)Nc2ccc(C(F)(F)F)cn2)CC1. The molecule has 1 aromatic heterocycles. The molecule has 2 heterocycles. The van der Waals surface area contributed by atoms with Gasteiger partial charge >= 0.3 is 6.18 Å². The normalized spacial score (nSPS) is 18.4. The van der Waals surface area contributed by atoms with Gasteiger partial charge in [-0.1, -0.05) is 0 Å². The molecule has 1 fully saturated rings. The number of anilines is 1. The molecule has 0 saturated carbocycles. The van der Waals surface area contributed by atoms with Crippen LogP contribution in [0, 0.1) is 16.7 Å². The van der Waals surface area contributed by atoms with Crippen LogP contribution in [0.5, 0.6) is 0 Å². The first kappa shape index (κ1) is 19.2. The highest BCUT2D eigenvalue weighted by molar-refractivity contribution is 5.96. The Morgan fingerprint density at radius 1 is 1.28 bits per heavy atom. The number of hydrogen-bond acceptors (Lipinski definition) is 4. The molecule has 8 heteroatoms. The molecule has 0 radical (unpaired) electrons. The quantitative estimate of drug-likeness (QED) is 0.883. The molecule has 0 spiro atoms. The van der Waals surface area contributed by atoms with Gasteiger partial charge in [0, 0.05) is 24.8 Å². The van der Waals surface area contributed by atoms with Crippen LogP contribution in [0.25, 0.3) is 0 Å². The van der Waals surface area contributed by atoms with Crippen LogP contribution in [-0.4, -0.2) is 34.4 Å². The van der Waals surface area contributed by atoms with E-state index in [1.807, 2.05) is 0 Å². The summed E-state index contributed by atoms with van der Waals surface area (Å²) in [6, 6.07) is 4.04. The second-order valence-corrected chi connectivity index (χ2v) is 7.24. The molecule has 0 aromatic carbocycles. The van der Waals surface area contributed by atoms with Gasteiger partial charge in [0.1, 0.15) is 11.2 Å². The smallest absolute Gasteiger partial charge is 0.309 e. The lowest BCUT2D eigenvalue weighted by Gasteiger charge is -2.43. The van der Waals surface area contributed by atoms with E-state index >= 15 is 0 Å². The average molecular weight is 354 g/mol. The van der Waals surface area contributed by atoms with E-state index in [1.165, 1.54) is 0 Å². The van der Waals surface area contributed by atoms with Crippen molar-refractivity contribution in [3.05, 3.63) is 23.9 Å². The minimum atomic E-state index is -4.48. The van der Waals surface area contributed by atoms with Gasteiger partial charge in [-0.05, 0) is 45.7 Å². The fourth-order valence-corrected chi connectivity index (χ4v) is 2.82. The Hall–Kier alpha value is -2.14. The monoisotopic (exact) mass is 354 g/mol. The summed E-state index contributed by atoms with van der Waals surface area (Å²) in [6.45, 7) is 7.41. The summed E-state index contributed by atoms with van der Waals surface area (Å²) in [7, 11) is 0. The van der Waals surface area contributed by atoms with Gasteiger partial charge in [0.15, 0.2) is 0 Å². The van der Waals surface area contributed by atoms with E-state index < -0.39 is 23.1 Å². The van der Waals surface area contributed by atoms with E-state index in [-0.39, 0.29) is 11.4 Å². The van der Waals surface area contributed by atoms with Crippen molar-refractivity contribution in [2.45, 2.75) is 45.3 Å². The van der Waals surface area contributed by atoms with E-state index in [9.17, 15) is 23.2 Å². The number of amides is 1. The second kappa shape index (κ2) is 6.64. The number of pyridine rings is 1. The Kier molecular flexibility index (Phi) is 5.09. The third-order valence-electron chi connectivity index (χ3n) is 4.55. The summed E-state index contributed by atoms with van der Waals surface area (Å²) in [5.41, 5.74) is -2.13. The molecule has 1 aliphatic rings. The highest BCUT2D eigenvalue weighted by Gasteiger charge is 2.43. The van der Waals surface area contributed by atoms with Crippen molar-refractivity contribution >= 4 is 11.7 Å². The van der Waals surface area contributed by atoms with Crippen LogP contribution in [0.2, 0.25) is 0 Å². The number of carbonyl (C=O) groups is 1. The lowest BCUT2D eigenvalue weighted by atomic mass is 9.78. The summed E-state index contributed by atoms with van der Waals surface area (Å²) in [6.07, 6.45) is -3.08. The van der Waals surface area contributed by atoms with E-state index in [0.717, 1.165) is 12.1 Å². The largest absolute Gasteiger partial charge is 0.417 e. The zero-order valence-corrected chi connectivity index (χ0v) is 14.4. The lowest BCUT2D eigenvalue weighted by molar-refractivity contribution is -0.137. The summed E-state index contributed by atoms with van der Waals surface area (Å²) in [5.74, 6) is -0.512. The first-order valence-electron chi connectivity index (χ1n) is 7.99. The summed E-state index contributed by atoms with van der Waals surface area (Å²) < 4.78 is 37.6. The summed E-state index contributed by atoms with van der Waals surface area (Å²) in [5, 5.41) is 12.0. The van der Waals surface area contributed by atoms with Crippen LogP contribution in [0.4, 0.5) is 19.0 Å². The number of carbonyl (C=O) groups excluding carboxylic acids is 1. The van der Waals surface area contributed by atoms with Gasteiger partial charge in [-0.25, -0.2) is 4.98 Å². The maximum Gasteiger partial charge on any atom is 0.417 e. The standard InChI is InChI=1S/C17H21F3N4O/c1-15(2,3)24-8-6-16(11-21,7-9-24)14(25)23-13-5-4-12(10-22-13)17(18,19)20/h4-5,10H,6-9H2,1-3H3,(H,22,23,25). The summed E-state index contributed by atoms with van der Waals surface area (Å²) in [4.78, 5) is 18.4. The molecule has 0 aliphatic carbocycles. The van der Waals surface area contributed by atoms with Crippen molar-refractivity contribution in [1.82, 2.24) is 9.88 Å². The van der Waals surface area contributed by atoms with Crippen LogP contribution in [0.1, 0.15) is 39.2 Å². The fourth-order valence-electron chi connectivity index (χ4n) is 2.82. The number of nitrogens with one attached hydrogen (secondary N) is 1. The average Bonchev–Trinajstić information content (AvgIpc) is 2.53. The van der Waals surface area contributed by atoms with Gasteiger partial charge in [0.2, 0.25) is 5.91 Å². The predicted molar refractivity (Wildman–Crippen MR) is 86.5 cm³/mol. The van der Waals surface area contributed by atoms with Gasteiger partial charge in [0.25, 0.3) is 0 Å². The van der Waals surface area contributed by atoms with Gasteiger partial charge in [-0.2, -0.15) is 18.4 Å². The van der Waals surface area contributed by atoms with Gasteiger partial charge < -0.3 is 5.32 Å². The van der Waals surface area contributed by atoms with Crippen molar-refractivity contribution in [3.8, 4) is 6.07 Å². The second-order valence-electron chi connectivity index (χ2n) is 7.24. The molecule has 0 atom stereocenters. The Morgan fingerprint density at radius 3 is 2.28 bits per heavy atom. The molecular formula is C17H21F3N4O. The lowest BCUT2D eigenvalue weighted by Crippen LogP contribution is -2.51. The number of alkyl halides is 3. The zero-order valence-electron chi connectivity index (χ0n) is 14.4. The Labute approximate surface area is 144 Å². The van der Waals surface area contributed by atoms with Gasteiger partial charge in [-0.3, -0.25) is 9.69 Å². The Balaban J connectivity index is 2.08. The molecule has 136 valence electrons. The van der Waals surface area contributed by atoms with Crippen LogP contribution >= 0.6 is 0 Å². The van der Waals surface area contributed by atoms with Crippen LogP contribution in [-0.2, 0) is 11.0 Å². The maximum atomic E-state index is 12.5. The molecule has 1 aliphatic heterocycles. The van der Waals surface area contributed by atoms with E-state index in [2.05, 4.69) is 42.0 Å². The molecule has 1 aromatic rings. The molecule has 1 N–H and O–H groups in total. The first-order valence-corrected chi connectivity index (χ1v) is 7.99. The minimum absolute atomic E-state index is 0.00544. The highest BCUT2D eigenvalue weighted by Crippen LogP contribution is 2.35. The fraction of sp³-hybridized carbons (Fsp3) is 0.588. The molecule has 1 amide bonds. The maximum absolute atomic E-state index is 12.5. The van der Waals surface area contributed by atoms with Crippen LogP contribution < -0.4 is 5.32 Å². The highest BCUT2D eigenvalue weighted by atomic mass is 19.4. The topological polar surface area (TPSA) is 69.0 Å². The Morgan fingerprint density at radius 2 is 1.88 bits per heavy atom. The van der Waals surface area contributed by atoms with Gasteiger partial charge in [0.05, 0.1) is 11.6 Å². The van der Waals surface area contributed by atoms with Crippen LogP contribution in [0.3, 0.4) is 0 Å². The minimum Gasteiger partial charge on any atom is -0.309 e. The third-order valence-corrected chi connectivity index (χ3v) is 4.55. The molecular weight excluding hydrogens is 333 g/mol. The molecule has 2 rings (SSSR count). The first-order chi connectivity index (χ1) is 11.5. The molecule has 5 nitrogen and oxygen atoms in total. The van der Waals surface area contributed by atoms with E-state index in [1.54, 1.807) is 0 Å². The molecule has 1 saturated heterocycles. The number of aromatic nitrogens is 1. The van der Waals surface area contributed by atoms with Crippen LogP contribution in [0.15, 0.2) is 18.3 Å². The third kappa shape index (κ3) is 4.28. The number of halogens is 3. The number of nitrogens with zero attached hydrogens (tertiary/aromatic N) is 3. The molecule has 25 heavy (non-hydrogen) atoms. The molecule has 0 unspecified atom stereocenters. The van der Waals surface area contributed by atoms with Crippen molar-refractivity contribution in [2.75, 3.05) is 18.4 Å². The summed E-state index contributed by atoms with van der Waals surface area (Å²) >= 11 is 0. The number of rotatable bonds is 2. The zero-order chi connectivity index (χ0) is 18.9. The number of hydrogen-bond donors (Lipinski definition) is 1. The van der Waals surface area contributed by atoms with Gasteiger partial charge in [-0.15, -0.1) is 0 Å².